The lowest BCUT2D eigenvalue weighted by molar-refractivity contribution is -0.137. The summed E-state index contributed by atoms with van der Waals surface area (Å²) in [5, 5.41) is 8.70. The predicted octanol–water partition coefficient (Wildman–Crippen LogP) is 2.07. The molecule has 0 amide bonds. The molecule has 0 aromatic heterocycles. The average molecular weight is 418 g/mol. The standard InChI is InChI=1S/C18H27NO6S2/c1-2-15-7-9-17(10-8-15)27(24,25)19(12-5-3-4-6-18(20)21)16-11-13-26(22,23)14-16/h7-10,16H,2-6,11-14H2,1H3,(H,20,21)/t16-/m0/s1. The number of aryl methyl sites for hydroxylation is 1. The molecular weight excluding hydrogens is 390 g/mol. The summed E-state index contributed by atoms with van der Waals surface area (Å²) in [5.74, 6) is -1.04. The summed E-state index contributed by atoms with van der Waals surface area (Å²) in [6.07, 6.45) is 2.68. The normalized spacial score (nSPS) is 19.4. The second-order valence-corrected chi connectivity index (χ2v) is 11.0. The van der Waals surface area contributed by atoms with Crippen LogP contribution in [0.4, 0.5) is 0 Å². The number of sulfonamides is 1. The molecular formula is C18H27NO6S2. The van der Waals surface area contributed by atoms with Crippen molar-refractivity contribution in [2.45, 2.75) is 56.4 Å². The average Bonchev–Trinajstić information content (AvgIpc) is 2.97. The number of nitrogens with zero attached hydrogens (tertiary/aromatic N) is 1. The van der Waals surface area contributed by atoms with Crippen molar-refractivity contribution in [3.8, 4) is 0 Å². The van der Waals surface area contributed by atoms with Gasteiger partial charge >= 0.3 is 5.97 Å². The maximum absolute atomic E-state index is 13.1. The summed E-state index contributed by atoms with van der Waals surface area (Å²) in [7, 11) is -7.03. The van der Waals surface area contributed by atoms with Crippen LogP contribution >= 0.6 is 0 Å². The molecule has 1 N–H and O–H groups in total. The van der Waals surface area contributed by atoms with Crippen LogP contribution in [0.25, 0.3) is 0 Å². The quantitative estimate of drug-likeness (QED) is 0.584. The summed E-state index contributed by atoms with van der Waals surface area (Å²) in [4.78, 5) is 10.8. The number of hydrogen-bond donors (Lipinski definition) is 1. The molecule has 1 heterocycles. The molecule has 27 heavy (non-hydrogen) atoms. The molecule has 1 atom stereocenters. The van der Waals surface area contributed by atoms with Crippen molar-refractivity contribution in [3.63, 3.8) is 0 Å². The lowest BCUT2D eigenvalue weighted by atomic mass is 10.2. The van der Waals surface area contributed by atoms with Crippen LogP contribution in [-0.4, -0.2) is 56.3 Å². The lowest BCUT2D eigenvalue weighted by Crippen LogP contribution is -2.41. The zero-order valence-electron chi connectivity index (χ0n) is 15.5. The van der Waals surface area contributed by atoms with Crippen LogP contribution in [0.1, 0.15) is 44.6 Å². The number of carboxylic acid groups (broad SMARTS) is 1. The van der Waals surface area contributed by atoms with E-state index in [-0.39, 0.29) is 29.4 Å². The summed E-state index contributed by atoms with van der Waals surface area (Å²) in [6, 6.07) is 6.10. The Morgan fingerprint density at radius 3 is 2.37 bits per heavy atom. The van der Waals surface area contributed by atoms with Gasteiger partial charge in [-0.25, -0.2) is 16.8 Å². The van der Waals surface area contributed by atoms with Crippen molar-refractivity contribution in [2.24, 2.45) is 0 Å². The Bertz CT molecular complexity index is 846. The highest BCUT2D eigenvalue weighted by Crippen LogP contribution is 2.26. The number of aliphatic carboxylic acids is 1. The van der Waals surface area contributed by atoms with Gasteiger partial charge in [0.05, 0.1) is 16.4 Å². The van der Waals surface area contributed by atoms with E-state index >= 15 is 0 Å². The second-order valence-electron chi connectivity index (χ2n) is 6.87. The van der Waals surface area contributed by atoms with Gasteiger partial charge in [-0.1, -0.05) is 25.5 Å². The van der Waals surface area contributed by atoms with E-state index in [1.54, 1.807) is 24.3 Å². The largest absolute Gasteiger partial charge is 0.481 e. The fourth-order valence-corrected chi connectivity index (χ4v) is 6.77. The van der Waals surface area contributed by atoms with Crippen LogP contribution in [0.5, 0.6) is 0 Å². The molecule has 1 saturated heterocycles. The van der Waals surface area contributed by atoms with Crippen LogP contribution in [0.2, 0.25) is 0 Å². The molecule has 1 aromatic carbocycles. The molecule has 9 heteroatoms. The second kappa shape index (κ2) is 9.16. The van der Waals surface area contributed by atoms with Gasteiger partial charge < -0.3 is 5.11 Å². The number of carbonyl (C=O) groups is 1. The number of hydrogen-bond acceptors (Lipinski definition) is 5. The Kier molecular flexibility index (Phi) is 7.41. The van der Waals surface area contributed by atoms with Gasteiger partial charge in [-0.15, -0.1) is 0 Å². The first-order valence-corrected chi connectivity index (χ1v) is 12.4. The molecule has 0 spiro atoms. The van der Waals surface area contributed by atoms with Gasteiger partial charge in [0.15, 0.2) is 9.84 Å². The SMILES string of the molecule is CCc1ccc(S(=O)(=O)N(CCCCCC(=O)O)[C@H]2CCS(=O)(=O)C2)cc1. The van der Waals surface area contributed by atoms with Gasteiger partial charge in [0.2, 0.25) is 10.0 Å². The molecule has 2 rings (SSSR count). The summed E-state index contributed by atoms with van der Waals surface area (Å²) >= 11 is 0. The Balaban J connectivity index is 2.17. The summed E-state index contributed by atoms with van der Waals surface area (Å²) in [5.41, 5.74) is 1.03. The number of rotatable bonds is 10. The van der Waals surface area contributed by atoms with Crippen LogP contribution in [0.3, 0.4) is 0 Å². The number of unbranched alkanes of at least 4 members (excludes halogenated alkanes) is 2. The Morgan fingerprint density at radius 1 is 1.19 bits per heavy atom. The molecule has 1 aliphatic heterocycles. The minimum Gasteiger partial charge on any atom is -0.481 e. The van der Waals surface area contributed by atoms with Crippen molar-refractivity contribution in [3.05, 3.63) is 29.8 Å². The van der Waals surface area contributed by atoms with Crippen LogP contribution < -0.4 is 0 Å². The first-order valence-electron chi connectivity index (χ1n) is 9.18. The van der Waals surface area contributed by atoms with Gasteiger partial charge in [0.1, 0.15) is 0 Å². The van der Waals surface area contributed by atoms with Crippen molar-refractivity contribution < 1.29 is 26.7 Å². The number of sulfone groups is 1. The maximum Gasteiger partial charge on any atom is 0.303 e. The number of benzene rings is 1. The first kappa shape index (κ1) is 21.8. The topological polar surface area (TPSA) is 109 Å². The molecule has 0 bridgehead atoms. The van der Waals surface area contributed by atoms with Gasteiger partial charge in [0, 0.05) is 19.0 Å². The van der Waals surface area contributed by atoms with E-state index in [1.165, 1.54) is 4.31 Å². The molecule has 7 nitrogen and oxygen atoms in total. The molecule has 0 aliphatic carbocycles. The summed E-state index contributed by atoms with van der Waals surface area (Å²) in [6.45, 7) is 2.17. The van der Waals surface area contributed by atoms with Crippen LogP contribution in [-0.2, 0) is 31.1 Å². The van der Waals surface area contributed by atoms with Crippen molar-refractivity contribution in [2.75, 3.05) is 18.1 Å². The van der Waals surface area contributed by atoms with Crippen LogP contribution in [0, 0.1) is 0 Å². The highest BCUT2D eigenvalue weighted by Gasteiger charge is 2.38. The summed E-state index contributed by atoms with van der Waals surface area (Å²) < 4.78 is 51.3. The Labute approximate surface area is 161 Å². The third-order valence-electron chi connectivity index (χ3n) is 4.82. The molecule has 1 aliphatic rings. The first-order chi connectivity index (χ1) is 12.7. The van der Waals surface area contributed by atoms with Gasteiger partial charge in [0.25, 0.3) is 0 Å². The Morgan fingerprint density at radius 2 is 1.85 bits per heavy atom. The highest BCUT2D eigenvalue weighted by atomic mass is 32.2. The monoisotopic (exact) mass is 417 g/mol. The predicted molar refractivity (Wildman–Crippen MR) is 103 cm³/mol. The van der Waals surface area contributed by atoms with Crippen molar-refractivity contribution >= 4 is 25.8 Å². The fraction of sp³-hybridized carbons (Fsp3) is 0.611. The molecule has 152 valence electrons. The third kappa shape index (κ3) is 6.02. The molecule has 0 saturated carbocycles. The lowest BCUT2D eigenvalue weighted by Gasteiger charge is -2.27. The van der Waals surface area contributed by atoms with E-state index in [2.05, 4.69) is 0 Å². The van der Waals surface area contributed by atoms with E-state index in [9.17, 15) is 21.6 Å². The van der Waals surface area contributed by atoms with Crippen LogP contribution in [0.15, 0.2) is 29.2 Å². The van der Waals surface area contributed by atoms with Crippen molar-refractivity contribution in [1.82, 2.24) is 4.31 Å². The maximum atomic E-state index is 13.1. The molecule has 0 unspecified atom stereocenters. The molecule has 1 fully saturated rings. The zero-order chi connectivity index (χ0) is 20.1. The fourth-order valence-electron chi connectivity index (χ4n) is 3.25. The minimum absolute atomic E-state index is 0.00251. The third-order valence-corrected chi connectivity index (χ3v) is 8.54. The van der Waals surface area contributed by atoms with Crippen molar-refractivity contribution in [1.29, 1.82) is 0 Å². The highest BCUT2D eigenvalue weighted by molar-refractivity contribution is 7.92. The minimum atomic E-state index is -3.81. The zero-order valence-corrected chi connectivity index (χ0v) is 17.1. The molecule has 1 aromatic rings. The van der Waals surface area contributed by atoms with E-state index in [4.69, 9.17) is 5.11 Å². The smallest absolute Gasteiger partial charge is 0.303 e. The van der Waals surface area contributed by atoms with Gasteiger partial charge in [-0.05, 0) is 43.4 Å². The van der Waals surface area contributed by atoms with E-state index in [1.807, 2.05) is 6.92 Å². The molecule has 0 radical (unpaired) electrons. The Hall–Kier alpha value is -1.45. The number of carboxylic acids is 1. The van der Waals surface area contributed by atoms with E-state index in [0.29, 0.717) is 25.7 Å². The van der Waals surface area contributed by atoms with E-state index < -0.39 is 31.9 Å². The van der Waals surface area contributed by atoms with Gasteiger partial charge in [-0.3, -0.25) is 4.79 Å². The van der Waals surface area contributed by atoms with Gasteiger partial charge in [-0.2, -0.15) is 4.31 Å². The van der Waals surface area contributed by atoms with E-state index in [0.717, 1.165) is 12.0 Å².